The molecule has 6 nitrogen and oxygen atoms in total. The summed E-state index contributed by atoms with van der Waals surface area (Å²) >= 11 is 12.4. The lowest BCUT2D eigenvalue weighted by Gasteiger charge is -2.16. The summed E-state index contributed by atoms with van der Waals surface area (Å²) in [5, 5.41) is 6.05. The number of hydrogen-bond donors (Lipinski definition) is 2. The third kappa shape index (κ3) is 5.39. The van der Waals surface area contributed by atoms with Crippen molar-refractivity contribution in [3.05, 3.63) is 99.2 Å². The highest BCUT2D eigenvalue weighted by atomic mass is 35.5. The van der Waals surface area contributed by atoms with Gasteiger partial charge in [-0.05, 0) is 66.4 Å². The van der Waals surface area contributed by atoms with Crippen LogP contribution in [-0.4, -0.2) is 17.7 Å². The quantitative estimate of drug-likeness (QED) is 0.394. The number of anilines is 3. The molecule has 1 heterocycles. The molecule has 4 rings (SSSR count). The second-order valence-corrected chi connectivity index (χ2v) is 8.95. The van der Waals surface area contributed by atoms with Crippen molar-refractivity contribution in [1.82, 2.24) is 0 Å². The summed E-state index contributed by atoms with van der Waals surface area (Å²) in [5.41, 5.74) is 4.46. The summed E-state index contributed by atoms with van der Waals surface area (Å²) < 4.78 is 0. The highest BCUT2D eigenvalue weighted by Crippen LogP contribution is 2.32. The third-order valence-corrected chi connectivity index (χ3v) is 6.43. The zero-order valence-corrected chi connectivity index (χ0v) is 20.7. The summed E-state index contributed by atoms with van der Waals surface area (Å²) in [5.74, 6) is -1.33. The molecule has 0 aromatic heterocycles. The molecule has 8 heteroatoms. The number of nitrogens with zero attached hydrogens (tertiary/aromatic N) is 1. The van der Waals surface area contributed by atoms with Gasteiger partial charge >= 0.3 is 0 Å². The smallest absolute Gasteiger partial charge is 0.283 e. The standard InChI is InChI=1S/C27H23Cl2N3O3/c1-3-17-5-9-19(10-6-17)30-23(33)14-18-7-11-20(12-8-18)31-25-24(29)26(34)32(27(25)35)21-13-4-16(2)22(28)15-21/h4-13,15,31H,3,14H2,1-2H3,(H,30,33). The number of hydrogen-bond acceptors (Lipinski definition) is 4. The molecule has 0 aliphatic carbocycles. The van der Waals surface area contributed by atoms with Gasteiger partial charge in [-0.25, -0.2) is 4.90 Å². The fourth-order valence-corrected chi connectivity index (χ4v) is 4.02. The Labute approximate surface area is 213 Å². The van der Waals surface area contributed by atoms with E-state index >= 15 is 0 Å². The first-order valence-corrected chi connectivity index (χ1v) is 11.8. The SMILES string of the molecule is CCc1ccc(NC(=O)Cc2ccc(NC3=C(Cl)C(=O)N(c4ccc(C)c(Cl)c4)C3=O)cc2)cc1. The number of imide groups is 1. The van der Waals surface area contributed by atoms with E-state index in [4.69, 9.17) is 23.2 Å². The minimum Gasteiger partial charge on any atom is -0.350 e. The first-order valence-electron chi connectivity index (χ1n) is 11.1. The van der Waals surface area contributed by atoms with Gasteiger partial charge in [0.05, 0.1) is 12.1 Å². The number of carbonyl (C=O) groups excluding carboxylic acids is 3. The molecule has 3 amide bonds. The summed E-state index contributed by atoms with van der Waals surface area (Å²) in [4.78, 5) is 39.0. The van der Waals surface area contributed by atoms with E-state index in [1.807, 2.05) is 31.2 Å². The van der Waals surface area contributed by atoms with Crippen LogP contribution in [0.5, 0.6) is 0 Å². The normalized spacial score (nSPS) is 13.4. The minimum atomic E-state index is -0.626. The van der Waals surface area contributed by atoms with Crippen LogP contribution in [0.25, 0.3) is 0 Å². The van der Waals surface area contributed by atoms with Gasteiger partial charge < -0.3 is 10.6 Å². The van der Waals surface area contributed by atoms with Gasteiger partial charge in [-0.2, -0.15) is 0 Å². The van der Waals surface area contributed by atoms with Gasteiger partial charge in [-0.15, -0.1) is 0 Å². The lowest BCUT2D eigenvalue weighted by Crippen LogP contribution is -2.32. The maximum Gasteiger partial charge on any atom is 0.283 e. The Balaban J connectivity index is 1.41. The predicted octanol–water partition coefficient (Wildman–Crippen LogP) is 5.83. The van der Waals surface area contributed by atoms with Crippen LogP contribution in [0.4, 0.5) is 17.1 Å². The second-order valence-electron chi connectivity index (χ2n) is 8.17. The van der Waals surface area contributed by atoms with Crippen LogP contribution in [0.1, 0.15) is 23.6 Å². The van der Waals surface area contributed by atoms with E-state index in [9.17, 15) is 14.4 Å². The molecule has 0 unspecified atom stereocenters. The number of rotatable bonds is 7. The van der Waals surface area contributed by atoms with Crippen molar-refractivity contribution in [2.75, 3.05) is 15.5 Å². The number of benzene rings is 3. The number of halogens is 2. The maximum absolute atomic E-state index is 13.0. The molecule has 3 aromatic rings. The van der Waals surface area contributed by atoms with Crippen molar-refractivity contribution in [2.24, 2.45) is 0 Å². The molecule has 0 bridgehead atoms. The summed E-state index contributed by atoms with van der Waals surface area (Å²) in [7, 11) is 0. The van der Waals surface area contributed by atoms with E-state index in [-0.39, 0.29) is 23.1 Å². The summed E-state index contributed by atoms with van der Waals surface area (Å²) in [6.45, 7) is 3.90. The van der Waals surface area contributed by atoms with E-state index < -0.39 is 11.8 Å². The van der Waals surface area contributed by atoms with E-state index in [1.54, 1.807) is 42.5 Å². The van der Waals surface area contributed by atoms with Gasteiger partial charge in [-0.1, -0.05) is 60.5 Å². The lowest BCUT2D eigenvalue weighted by molar-refractivity contribution is -0.120. The number of nitrogens with one attached hydrogen (secondary N) is 2. The van der Waals surface area contributed by atoms with Crippen LogP contribution >= 0.6 is 23.2 Å². The van der Waals surface area contributed by atoms with Gasteiger partial charge in [0.1, 0.15) is 10.7 Å². The average molecular weight is 508 g/mol. The topological polar surface area (TPSA) is 78.5 Å². The molecule has 178 valence electrons. The van der Waals surface area contributed by atoms with Gasteiger partial charge in [0.25, 0.3) is 11.8 Å². The summed E-state index contributed by atoms with van der Waals surface area (Å²) in [6.07, 6.45) is 1.13. The van der Waals surface area contributed by atoms with Crippen molar-refractivity contribution in [3.8, 4) is 0 Å². The Bertz CT molecular complexity index is 1330. The highest BCUT2D eigenvalue weighted by molar-refractivity contribution is 6.53. The van der Waals surface area contributed by atoms with Crippen molar-refractivity contribution >= 4 is 58.0 Å². The molecule has 0 fully saturated rings. The molecule has 0 radical (unpaired) electrons. The van der Waals surface area contributed by atoms with Gasteiger partial charge in [0.15, 0.2) is 0 Å². The van der Waals surface area contributed by atoms with E-state index in [0.717, 1.165) is 28.1 Å². The molecule has 0 saturated heterocycles. The van der Waals surface area contributed by atoms with Crippen LogP contribution in [0.2, 0.25) is 5.02 Å². The Kier molecular flexibility index (Phi) is 7.24. The van der Waals surface area contributed by atoms with Crippen molar-refractivity contribution in [3.63, 3.8) is 0 Å². The Hall–Kier alpha value is -3.61. The average Bonchev–Trinajstić information content (AvgIpc) is 3.05. The molecule has 1 aliphatic rings. The van der Waals surface area contributed by atoms with Crippen LogP contribution in [0.3, 0.4) is 0 Å². The van der Waals surface area contributed by atoms with E-state index in [2.05, 4.69) is 17.6 Å². The fourth-order valence-electron chi connectivity index (χ4n) is 3.63. The number of amides is 3. The molecule has 2 N–H and O–H groups in total. The van der Waals surface area contributed by atoms with Crippen molar-refractivity contribution in [1.29, 1.82) is 0 Å². The monoisotopic (exact) mass is 507 g/mol. The van der Waals surface area contributed by atoms with E-state index in [0.29, 0.717) is 16.4 Å². The molecule has 3 aromatic carbocycles. The second kappa shape index (κ2) is 10.3. The zero-order chi connectivity index (χ0) is 25.1. The molecular weight excluding hydrogens is 485 g/mol. The van der Waals surface area contributed by atoms with Gasteiger partial charge in [0.2, 0.25) is 5.91 Å². The number of carbonyl (C=O) groups is 3. The Morgan fingerprint density at radius 1 is 0.857 bits per heavy atom. The molecule has 0 saturated carbocycles. The lowest BCUT2D eigenvalue weighted by atomic mass is 10.1. The third-order valence-electron chi connectivity index (χ3n) is 5.67. The summed E-state index contributed by atoms with van der Waals surface area (Å²) in [6, 6.07) is 19.7. The number of aryl methyl sites for hydroxylation is 2. The Morgan fingerprint density at radius 2 is 1.49 bits per heavy atom. The van der Waals surface area contributed by atoms with E-state index in [1.165, 1.54) is 5.56 Å². The van der Waals surface area contributed by atoms with Crippen LogP contribution < -0.4 is 15.5 Å². The van der Waals surface area contributed by atoms with Crippen LogP contribution in [0, 0.1) is 6.92 Å². The first kappa shape index (κ1) is 24.5. The predicted molar refractivity (Wildman–Crippen MR) is 140 cm³/mol. The minimum absolute atomic E-state index is 0.0191. The highest BCUT2D eigenvalue weighted by Gasteiger charge is 2.39. The van der Waals surface area contributed by atoms with Crippen molar-refractivity contribution in [2.45, 2.75) is 26.7 Å². The molecule has 1 aliphatic heterocycles. The van der Waals surface area contributed by atoms with Crippen molar-refractivity contribution < 1.29 is 14.4 Å². The van der Waals surface area contributed by atoms with Gasteiger partial charge in [0, 0.05) is 16.4 Å². The first-order chi connectivity index (χ1) is 16.8. The molecule has 0 atom stereocenters. The maximum atomic E-state index is 13.0. The largest absolute Gasteiger partial charge is 0.350 e. The molecule has 0 spiro atoms. The van der Waals surface area contributed by atoms with Crippen LogP contribution in [-0.2, 0) is 27.2 Å². The van der Waals surface area contributed by atoms with Gasteiger partial charge in [-0.3, -0.25) is 14.4 Å². The molecular formula is C27H23Cl2N3O3. The molecule has 35 heavy (non-hydrogen) atoms. The van der Waals surface area contributed by atoms with Crippen LogP contribution in [0.15, 0.2) is 77.5 Å². The fraction of sp³-hybridized carbons (Fsp3) is 0.148. The Morgan fingerprint density at radius 3 is 2.11 bits per heavy atom. The zero-order valence-electron chi connectivity index (χ0n) is 19.2.